The fraction of sp³-hybridized carbons (Fsp3) is 0.444. The Morgan fingerprint density at radius 2 is 2.17 bits per heavy atom. The Kier molecular flexibility index (Phi) is 2.65. The summed E-state index contributed by atoms with van der Waals surface area (Å²) in [6, 6.07) is 1.88. The van der Waals surface area contributed by atoms with E-state index in [1.165, 1.54) is 0 Å². The van der Waals surface area contributed by atoms with Gasteiger partial charge in [-0.1, -0.05) is 0 Å². The van der Waals surface area contributed by atoms with Crippen molar-refractivity contribution in [1.29, 1.82) is 0 Å². The molecule has 0 aliphatic carbocycles. The van der Waals surface area contributed by atoms with Gasteiger partial charge in [0.05, 0.1) is 25.1 Å². The lowest BCUT2D eigenvalue weighted by atomic mass is 10.2. The highest BCUT2D eigenvalue weighted by Crippen LogP contribution is 2.18. The number of nitrogens with zero attached hydrogens (tertiary/aromatic N) is 1. The van der Waals surface area contributed by atoms with Gasteiger partial charge in [-0.2, -0.15) is 0 Å². The Morgan fingerprint density at radius 1 is 1.50 bits per heavy atom. The third-order valence-corrected chi connectivity index (χ3v) is 1.83. The first-order chi connectivity index (χ1) is 5.69. The maximum atomic E-state index is 8.90. The van der Waals surface area contributed by atoms with Crippen molar-refractivity contribution in [2.24, 2.45) is 0 Å². The molecule has 1 aromatic heterocycles. The van der Waals surface area contributed by atoms with Crippen molar-refractivity contribution in [3.8, 4) is 5.75 Å². The summed E-state index contributed by atoms with van der Waals surface area (Å²) in [4.78, 5) is 4.19. The number of aliphatic hydroxyl groups excluding tert-OH is 1. The number of aryl methyl sites for hydroxylation is 2. The first-order valence-electron chi connectivity index (χ1n) is 3.81. The summed E-state index contributed by atoms with van der Waals surface area (Å²) in [6.45, 7) is 3.74. The van der Waals surface area contributed by atoms with Gasteiger partial charge in [0.2, 0.25) is 0 Å². The summed E-state index contributed by atoms with van der Waals surface area (Å²) in [6.07, 6.45) is 0. The van der Waals surface area contributed by atoms with Gasteiger partial charge in [0.25, 0.3) is 0 Å². The van der Waals surface area contributed by atoms with Gasteiger partial charge in [0, 0.05) is 0 Å². The summed E-state index contributed by atoms with van der Waals surface area (Å²) in [5.41, 5.74) is 2.49. The van der Waals surface area contributed by atoms with Crippen molar-refractivity contribution in [3.05, 3.63) is 23.0 Å². The van der Waals surface area contributed by atoms with Crippen molar-refractivity contribution in [1.82, 2.24) is 4.98 Å². The van der Waals surface area contributed by atoms with E-state index in [1.54, 1.807) is 7.11 Å². The van der Waals surface area contributed by atoms with Crippen LogP contribution in [0.5, 0.6) is 5.75 Å². The van der Waals surface area contributed by atoms with Crippen LogP contribution in [0.15, 0.2) is 6.07 Å². The van der Waals surface area contributed by atoms with Gasteiger partial charge in [-0.15, -0.1) is 0 Å². The Morgan fingerprint density at radius 3 is 2.67 bits per heavy atom. The Labute approximate surface area is 72.0 Å². The summed E-state index contributed by atoms with van der Waals surface area (Å²) in [5.74, 6) is 0.768. The topological polar surface area (TPSA) is 42.4 Å². The molecule has 0 atom stereocenters. The van der Waals surface area contributed by atoms with Crippen LogP contribution in [-0.4, -0.2) is 17.2 Å². The molecule has 12 heavy (non-hydrogen) atoms. The van der Waals surface area contributed by atoms with Crippen LogP contribution in [-0.2, 0) is 6.61 Å². The van der Waals surface area contributed by atoms with Crippen molar-refractivity contribution >= 4 is 0 Å². The highest BCUT2D eigenvalue weighted by Gasteiger charge is 2.04. The number of hydrogen-bond donors (Lipinski definition) is 1. The lowest BCUT2D eigenvalue weighted by Crippen LogP contribution is -1.98. The normalized spacial score (nSPS) is 10.0. The molecule has 66 valence electrons. The zero-order valence-electron chi connectivity index (χ0n) is 7.59. The summed E-state index contributed by atoms with van der Waals surface area (Å²) in [7, 11) is 1.61. The van der Waals surface area contributed by atoms with Gasteiger partial charge < -0.3 is 9.84 Å². The first-order valence-corrected chi connectivity index (χ1v) is 3.81. The quantitative estimate of drug-likeness (QED) is 0.719. The second-order valence-corrected chi connectivity index (χ2v) is 2.70. The minimum Gasteiger partial charge on any atom is -0.495 e. The molecule has 0 aliphatic heterocycles. The molecule has 0 unspecified atom stereocenters. The standard InChI is InChI=1S/C9H13NO2/c1-6-4-9(12-3)7(2)10-8(6)5-11/h4,11H,5H2,1-3H3. The largest absolute Gasteiger partial charge is 0.495 e. The maximum absolute atomic E-state index is 8.90. The molecule has 1 heterocycles. The highest BCUT2D eigenvalue weighted by molar-refractivity contribution is 5.33. The predicted octanol–water partition coefficient (Wildman–Crippen LogP) is 1.20. The number of pyridine rings is 1. The van der Waals surface area contributed by atoms with Crippen LogP contribution in [0, 0.1) is 13.8 Å². The molecule has 0 spiro atoms. The van der Waals surface area contributed by atoms with E-state index in [0.29, 0.717) is 5.69 Å². The molecule has 0 aromatic carbocycles. The third kappa shape index (κ3) is 1.56. The van der Waals surface area contributed by atoms with Gasteiger partial charge in [-0.25, -0.2) is 0 Å². The smallest absolute Gasteiger partial charge is 0.140 e. The number of aliphatic hydroxyl groups is 1. The molecule has 0 bridgehead atoms. The van der Waals surface area contributed by atoms with Gasteiger partial charge in [0.1, 0.15) is 5.75 Å². The summed E-state index contributed by atoms with van der Waals surface area (Å²) >= 11 is 0. The van der Waals surface area contributed by atoms with Crippen molar-refractivity contribution in [2.45, 2.75) is 20.5 Å². The van der Waals surface area contributed by atoms with Gasteiger partial charge in [-0.05, 0) is 25.5 Å². The van der Waals surface area contributed by atoms with E-state index >= 15 is 0 Å². The highest BCUT2D eigenvalue weighted by atomic mass is 16.5. The van der Waals surface area contributed by atoms with Crippen LogP contribution in [0.3, 0.4) is 0 Å². The fourth-order valence-corrected chi connectivity index (χ4v) is 1.10. The molecular weight excluding hydrogens is 154 g/mol. The zero-order chi connectivity index (χ0) is 9.14. The molecule has 0 fully saturated rings. The number of rotatable bonds is 2. The second-order valence-electron chi connectivity index (χ2n) is 2.70. The summed E-state index contributed by atoms with van der Waals surface area (Å²) in [5, 5.41) is 8.90. The summed E-state index contributed by atoms with van der Waals surface area (Å²) < 4.78 is 5.08. The van der Waals surface area contributed by atoms with E-state index in [9.17, 15) is 0 Å². The van der Waals surface area contributed by atoms with E-state index in [-0.39, 0.29) is 6.61 Å². The number of aromatic nitrogens is 1. The van der Waals surface area contributed by atoms with Crippen molar-refractivity contribution < 1.29 is 9.84 Å². The predicted molar refractivity (Wildman–Crippen MR) is 46.2 cm³/mol. The number of methoxy groups -OCH3 is 1. The Balaban J connectivity index is 3.16. The number of ether oxygens (including phenoxy) is 1. The second kappa shape index (κ2) is 3.54. The van der Waals surface area contributed by atoms with Crippen molar-refractivity contribution in [3.63, 3.8) is 0 Å². The van der Waals surface area contributed by atoms with E-state index < -0.39 is 0 Å². The van der Waals surface area contributed by atoms with E-state index in [2.05, 4.69) is 4.98 Å². The molecule has 0 aliphatic rings. The van der Waals surface area contributed by atoms with Crippen LogP contribution in [0.2, 0.25) is 0 Å². The molecule has 1 N–H and O–H groups in total. The monoisotopic (exact) mass is 167 g/mol. The molecular formula is C9H13NO2. The molecule has 3 nitrogen and oxygen atoms in total. The van der Waals surface area contributed by atoms with Crippen molar-refractivity contribution in [2.75, 3.05) is 7.11 Å². The molecule has 0 radical (unpaired) electrons. The van der Waals surface area contributed by atoms with Crippen LogP contribution >= 0.6 is 0 Å². The molecule has 0 saturated carbocycles. The maximum Gasteiger partial charge on any atom is 0.140 e. The SMILES string of the molecule is COc1cc(C)c(CO)nc1C. The minimum atomic E-state index is -0.0172. The first kappa shape index (κ1) is 9.00. The van der Waals surface area contributed by atoms with E-state index in [4.69, 9.17) is 9.84 Å². The Bertz CT molecular complexity index is 254. The average Bonchev–Trinajstić information content (AvgIpc) is 2.08. The van der Waals surface area contributed by atoms with Gasteiger partial charge >= 0.3 is 0 Å². The van der Waals surface area contributed by atoms with Crippen LogP contribution < -0.4 is 4.74 Å². The van der Waals surface area contributed by atoms with E-state index in [0.717, 1.165) is 17.0 Å². The van der Waals surface area contributed by atoms with Gasteiger partial charge in [0.15, 0.2) is 0 Å². The molecule has 1 rings (SSSR count). The lowest BCUT2D eigenvalue weighted by molar-refractivity contribution is 0.275. The number of hydrogen-bond acceptors (Lipinski definition) is 3. The lowest BCUT2D eigenvalue weighted by Gasteiger charge is -2.07. The zero-order valence-corrected chi connectivity index (χ0v) is 7.59. The minimum absolute atomic E-state index is 0.0172. The van der Waals surface area contributed by atoms with Gasteiger partial charge in [-0.3, -0.25) is 4.98 Å². The third-order valence-electron chi connectivity index (χ3n) is 1.83. The fourth-order valence-electron chi connectivity index (χ4n) is 1.10. The molecule has 0 amide bonds. The molecule has 3 heteroatoms. The molecule has 1 aromatic rings. The average molecular weight is 167 g/mol. The Hall–Kier alpha value is -1.09. The van der Waals surface area contributed by atoms with Crippen LogP contribution in [0.1, 0.15) is 17.0 Å². The molecule has 0 saturated heterocycles. The van der Waals surface area contributed by atoms with E-state index in [1.807, 2.05) is 19.9 Å². The van der Waals surface area contributed by atoms with Crippen LogP contribution in [0.25, 0.3) is 0 Å². The van der Waals surface area contributed by atoms with Crippen LogP contribution in [0.4, 0.5) is 0 Å².